The van der Waals surface area contributed by atoms with Crippen LogP contribution in [-0.4, -0.2) is 17.7 Å². The highest BCUT2D eigenvalue weighted by atomic mass is 16.5. The number of esters is 1. The standard InChI is InChI=1S/C13H13NO3/c1-2-8-17-13(16)12(15)11(9-14)10-6-4-3-5-7-10/h3-7,15H,2,8H2,1H3/b12-11-. The summed E-state index contributed by atoms with van der Waals surface area (Å²) in [6, 6.07) is 10.3. The maximum atomic E-state index is 11.4. The predicted octanol–water partition coefficient (Wildman–Crippen LogP) is 2.43. The first-order valence-corrected chi connectivity index (χ1v) is 5.26. The van der Waals surface area contributed by atoms with Crippen LogP contribution in [0.15, 0.2) is 36.1 Å². The SMILES string of the molecule is CCCOC(=O)/C(O)=C(\C#N)c1ccccc1. The average molecular weight is 231 g/mol. The zero-order valence-electron chi connectivity index (χ0n) is 9.51. The molecule has 0 bridgehead atoms. The maximum Gasteiger partial charge on any atom is 0.374 e. The molecule has 0 radical (unpaired) electrons. The summed E-state index contributed by atoms with van der Waals surface area (Å²) in [5, 5.41) is 18.6. The normalized spacial score (nSPS) is 11.3. The van der Waals surface area contributed by atoms with Crippen molar-refractivity contribution < 1.29 is 14.6 Å². The fourth-order valence-corrected chi connectivity index (χ4v) is 1.22. The first-order chi connectivity index (χ1) is 8.20. The van der Waals surface area contributed by atoms with E-state index >= 15 is 0 Å². The minimum absolute atomic E-state index is 0.0771. The van der Waals surface area contributed by atoms with Gasteiger partial charge in [-0.2, -0.15) is 5.26 Å². The Balaban J connectivity index is 3.00. The molecule has 1 aromatic rings. The van der Waals surface area contributed by atoms with Crippen molar-refractivity contribution in [1.82, 2.24) is 0 Å². The summed E-state index contributed by atoms with van der Waals surface area (Å²) in [6.45, 7) is 2.06. The summed E-state index contributed by atoms with van der Waals surface area (Å²) in [5.74, 6) is -1.51. The molecule has 4 heteroatoms. The van der Waals surface area contributed by atoms with Gasteiger partial charge in [-0.3, -0.25) is 0 Å². The van der Waals surface area contributed by atoms with Gasteiger partial charge in [0.25, 0.3) is 0 Å². The van der Waals surface area contributed by atoms with E-state index in [4.69, 9.17) is 10.00 Å². The average Bonchev–Trinajstić information content (AvgIpc) is 2.38. The molecule has 0 unspecified atom stereocenters. The molecule has 0 spiro atoms. The van der Waals surface area contributed by atoms with Crippen molar-refractivity contribution in [3.05, 3.63) is 41.7 Å². The van der Waals surface area contributed by atoms with E-state index in [9.17, 15) is 9.90 Å². The number of allylic oxidation sites excluding steroid dienone is 1. The topological polar surface area (TPSA) is 70.3 Å². The highest BCUT2D eigenvalue weighted by molar-refractivity contribution is 5.98. The van der Waals surface area contributed by atoms with Gasteiger partial charge in [-0.05, 0) is 12.0 Å². The summed E-state index contributed by atoms with van der Waals surface area (Å²) in [5.41, 5.74) is 0.410. The number of rotatable bonds is 4. The van der Waals surface area contributed by atoms with Crippen molar-refractivity contribution in [2.75, 3.05) is 6.61 Å². The molecule has 0 atom stereocenters. The number of carbonyl (C=O) groups is 1. The Kier molecular flexibility index (Phi) is 4.77. The van der Waals surface area contributed by atoms with Crippen LogP contribution in [0, 0.1) is 11.3 Å². The van der Waals surface area contributed by atoms with Crippen molar-refractivity contribution in [3.63, 3.8) is 0 Å². The van der Waals surface area contributed by atoms with Crippen molar-refractivity contribution in [2.45, 2.75) is 13.3 Å². The highest BCUT2D eigenvalue weighted by Gasteiger charge is 2.16. The molecule has 1 aromatic carbocycles. The number of aliphatic hydroxyl groups excluding tert-OH is 1. The Morgan fingerprint density at radius 2 is 2.06 bits per heavy atom. The molecule has 1 N–H and O–H groups in total. The minimum Gasteiger partial charge on any atom is -0.501 e. The van der Waals surface area contributed by atoms with Crippen LogP contribution in [-0.2, 0) is 9.53 Å². The Labute approximate surface area is 99.8 Å². The number of hydrogen-bond donors (Lipinski definition) is 1. The molecule has 0 fully saturated rings. The number of nitrogens with zero attached hydrogens (tertiary/aromatic N) is 1. The summed E-state index contributed by atoms with van der Waals surface area (Å²) in [4.78, 5) is 11.4. The molecule has 0 heterocycles. The molecule has 4 nitrogen and oxygen atoms in total. The number of hydrogen-bond acceptors (Lipinski definition) is 4. The van der Waals surface area contributed by atoms with Gasteiger partial charge in [0.2, 0.25) is 5.76 Å². The molecule has 0 aliphatic heterocycles. The fourth-order valence-electron chi connectivity index (χ4n) is 1.22. The van der Waals surface area contributed by atoms with Gasteiger partial charge < -0.3 is 9.84 Å². The van der Waals surface area contributed by atoms with Gasteiger partial charge >= 0.3 is 5.97 Å². The third kappa shape index (κ3) is 3.35. The zero-order chi connectivity index (χ0) is 12.7. The second-order valence-corrected chi connectivity index (χ2v) is 3.34. The van der Waals surface area contributed by atoms with Crippen LogP contribution in [0.25, 0.3) is 5.57 Å². The minimum atomic E-state index is -0.868. The van der Waals surface area contributed by atoms with Gasteiger partial charge in [0.15, 0.2) is 0 Å². The van der Waals surface area contributed by atoms with Gasteiger partial charge in [-0.15, -0.1) is 0 Å². The Morgan fingerprint density at radius 1 is 1.41 bits per heavy atom. The van der Waals surface area contributed by atoms with Gasteiger partial charge in [0.1, 0.15) is 11.6 Å². The summed E-state index contributed by atoms with van der Waals surface area (Å²) in [7, 11) is 0. The fraction of sp³-hybridized carbons (Fsp3) is 0.231. The van der Waals surface area contributed by atoms with E-state index in [1.807, 2.05) is 6.92 Å². The number of aliphatic hydroxyl groups is 1. The summed E-state index contributed by atoms with van der Waals surface area (Å²) < 4.78 is 4.76. The van der Waals surface area contributed by atoms with E-state index in [1.165, 1.54) is 0 Å². The van der Waals surface area contributed by atoms with Crippen molar-refractivity contribution in [1.29, 1.82) is 5.26 Å². The smallest absolute Gasteiger partial charge is 0.374 e. The molecule has 0 aromatic heterocycles. The Morgan fingerprint density at radius 3 is 2.59 bits per heavy atom. The second kappa shape index (κ2) is 6.33. The van der Waals surface area contributed by atoms with Crippen molar-refractivity contribution in [3.8, 4) is 6.07 Å². The number of benzene rings is 1. The lowest BCUT2D eigenvalue weighted by Gasteiger charge is -2.04. The van der Waals surface area contributed by atoms with Crippen LogP contribution in [0.1, 0.15) is 18.9 Å². The highest BCUT2D eigenvalue weighted by Crippen LogP contribution is 2.17. The number of carbonyl (C=O) groups excluding carboxylic acids is 1. The lowest BCUT2D eigenvalue weighted by Crippen LogP contribution is -2.10. The van der Waals surface area contributed by atoms with Gasteiger partial charge in [-0.25, -0.2) is 4.79 Å². The van der Waals surface area contributed by atoms with E-state index in [2.05, 4.69) is 0 Å². The van der Waals surface area contributed by atoms with Crippen LogP contribution >= 0.6 is 0 Å². The van der Waals surface area contributed by atoms with E-state index < -0.39 is 11.7 Å². The van der Waals surface area contributed by atoms with E-state index in [0.717, 1.165) is 0 Å². The molecular formula is C13H13NO3. The largest absolute Gasteiger partial charge is 0.501 e. The van der Waals surface area contributed by atoms with E-state index in [-0.39, 0.29) is 12.2 Å². The first kappa shape index (κ1) is 12.8. The molecular weight excluding hydrogens is 218 g/mol. The summed E-state index contributed by atoms with van der Waals surface area (Å²) in [6.07, 6.45) is 0.659. The van der Waals surface area contributed by atoms with Crippen LogP contribution < -0.4 is 0 Å². The molecule has 0 aliphatic rings. The number of ether oxygens (including phenoxy) is 1. The first-order valence-electron chi connectivity index (χ1n) is 5.26. The second-order valence-electron chi connectivity index (χ2n) is 3.34. The molecule has 0 saturated carbocycles. The van der Waals surface area contributed by atoms with Crippen molar-refractivity contribution >= 4 is 11.5 Å². The third-order valence-electron chi connectivity index (χ3n) is 2.04. The van der Waals surface area contributed by atoms with Crippen LogP contribution in [0.3, 0.4) is 0 Å². The maximum absolute atomic E-state index is 11.4. The molecule has 1 rings (SSSR count). The van der Waals surface area contributed by atoms with Crippen LogP contribution in [0.2, 0.25) is 0 Å². The molecule has 17 heavy (non-hydrogen) atoms. The van der Waals surface area contributed by atoms with Crippen LogP contribution in [0.4, 0.5) is 0 Å². The van der Waals surface area contributed by atoms with E-state index in [1.54, 1.807) is 36.4 Å². The summed E-state index contributed by atoms with van der Waals surface area (Å²) >= 11 is 0. The Hall–Kier alpha value is -2.28. The van der Waals surface area contributed by atoms with Gasteiger partial charge in [0, 0.05) is 0 Å². The van der Waals surface area contributed by atoms with Crippen molar-refractivity contribution in [2.24, 2.45) is 0 Å². The third-order valence-corrected chi connectivity index (χ3v) is 2.04. The molecule has 0 amide bonds. The lowest BCUT2D eigenvalue weighted by atomic mass is 10.1. The number of nitriles is 1. The predicted molar refractivity (Wildman–Crippen MR) is 62.9 cm³/mol. The van der Waals surface area contributed by atoms with Crippen LogP contribution in [0.5, 0.6) is 0 Å². The van der Waals surface area contributed by atoms with E-state index in [0.29, 0.717) is 12.0 Å². The zero-order valence-corrected chi connectivity index (χ0v) is 9.51. The quantitative estimate of drug-likeness (QED) is 0.374. The molecule has 88 valence electrons. The van der Waals surface area contributed by atoms with Gasteiger partial charge in [-0.1, -0.05) is 37.3 Å². The lowest BCUT2D eigenvalue weighted by molar-refractivity contribution is -0.141. The molecule has 0 aliphatic carbocycles. The molecule has 0 saturated heterocycles. The Bertz CT molecular complexity index is 457. The van der Waals surface area contributed by atoms with Gasteiger partial charge in [0.05, 0.1) is 6.61 Å². The monoisotopic (exact) mass is 231 g/mol.